The van der Waals surface area contributed by atoms with Crippen LogP contribution in [0.3, 0.4) is 0 Å². The van der Waals surface area contributed by atoms with Crippen LogP contribution < -0.4 is 0 Å². The van der Waals surface area contributed by atoms with Crippen molar-refractivity contribution in [3.8, 4) is 6.07 Å². The third kappa shape index (κ3) is 2.19. The highest BCUT2D eigenvalue weighted by Crippen LogP contribution is 2.33. The van der Waals surface area contributed by atoms with E-state index in [0.29, 0.717) is 25.6 Å². The van der Waals surface area contributed by atoms with E-state index in [4.69, 9.17) is 10.00 Å². The zero-order valence-electron chi connectivity index (χ0n) is 9.74. The molecule has 2 aliphatic rings. The molecular weight excluding hydrogens is 204 g/mol. The fraction of sp³-hybridized carbons (Fsp3) is 0.833. The molecule has 1 saturated heterocycles. The highest BCUT2D eigenvalue weighted by Gasteiger charge is 2.44. The van der Waals surface area contributed by atoms with Crippen LogP contribution in [0.25, 0.3) is 0 Å². The van der Waals surface area contributed by atoms with Crippen molar-refractivity contribution in [1.82, 2.24) is 4.90 Å². The number of hydrogen-bond acceptors (Lipinski definition) is 3. The molecule has 4 heteroatoms. The molecule has 2 rings (SSSR count). The maximum absolute atomic E-state index is 12.3. The molecule has 2 fully saturated rings. The molecule has 1 aliphatic carbocycles. The summed E-state index contributed by atoms with van der Waals surface area (Å²) >= 11 is 0. The highest BCUT2D eigenvalue weighted by atomic mass is 16.5. The number of amides is 1. The number of rotatable bonds is 4. The first kappa shape index (κ1) is 11.4. The molecule has 1 saturated carbocycles. The first-order valence-corrected chi connectivity index (χ1v) is 5.99. The molecule has 88 valence electrons. The van der Waals surface area contributed by atoms with Gasteiger partial charge in [-0.15, -0.1) is 0 Å². The van der Waals surface area contributed by atoms with Crippen LogP contribution in [-0.2, 0) is 9.53 Å². The van der Waals surface area contributed by atoms with Crippen LogP contribution in [-0.4, -0.2) is 35.6 Å². The first-order valence-electron chi connectivity index (χ1n) is 5.99. The SMILES string of the molecule is CC1(C(=O)N(CCC#N)C2CC2)CCCO1. The minimum absolute atomic E-state index is 0.0859. The predicted molar refractivity (Wildman–Crippen MR) is 58.6 cm³/mol. The van der Waals surface area contributed by atoms with Gasteiger partial charge < -0.3 is 9.64 Å². The van der Waals surface area contributed by atoms with Crippen molar-refractivity contribution in [2.45, 2.75) is 50.7 Å². The summed E-state index contributed by atoms with van der Waals surface area (Å²) in [7, 11) is 0. The Morgan fingerprint density at radius 2 is 2.38 bits per heavy atom. The van der Waals surface area contributed by atoms with Crippen LogP contribution in [0.5, 0.6) is 0 Å². The molecule has 0 aromatic heterocycles. The molecule has 4 nitrogen and oxygen atoms in total. The quantitative estimate of drug-likeness (QED) is 0.723. The van der Waals surface area contributed by atoms with Gasteiger partial charge in [0.2, 0.25) is 0 Å². The van der Waals surface area contributed by atoms with Gasteiger partial charge in [0.1, 0.15) is 5.60 Å². The summed E-state index contributed by atoms with van der Waals surface area (Å²) in [5.41, 5.74) is -0.627. The minimum atomic E-state index is -0.627. The number of ether oxygens (including phenoxy) is 1. The summed E-state index contributed by atoms with van der Waals surface area (Å²) in [5.74, 6) is 0.0859. The number of carbonyl (C=O) groups is 1. The Morgan fingerprint density at radius 3 is 2.88 bits per heavy atom. The van der Waals surface area contributed by atoms with E-state index in [1.54, 1.807) is 0 Å². The van der Waals surface area contributed by atoms with E-state index in [9.17, 15) is 4.79 Å². The monoisotopic (exact) mass is 222 g/mol. The lowest BCUT2D eigenvalue weighted by molar-refractivity contribution is -0.151. The van der Waals surface area contributed by atoms with Crippen LogP contribution in [0.2, 0.25) is 0 Å². The largest absolute Gasteiger partial charge is 0.365 e. The Bertz CT molecular complexity index is 311. The molecule has 0 radical (unpaired) electrons. The van der Waals surface area contributed by atoms with Gasteiger partial charge in [0.25, 0.3) is 5.91 Å². The van der Waals surface area contributed by atoms with Gasteiger partial charge in [-0.2, -0.15) is 5.26 Å². The fourth-order valence-electron chi connectivity index (χ4n) is 2.26. The van der Waals surface area contributed by atoms with Gasteiger partial charge in [-0.05, 0) is 32.6 Å². The van der Waals surface area contributed by atoms with Gasteiger partial charge in [-0.3, -0.25) is 4.79 Å². The zero-order valence-corrected chi connectivity index (χ0v) is 9.74. The Kier molecular flexibility index (Phi) is 3.15. The first-order chi connectivity index (χ1) is 7.67. The molecule has 0 N–H and O–H groups in total. The molecular formula is C12H18N2O2. The van der Waals surface area contributed by atoms with E-state index in [2.05, 4.69) is 6.07 Å². The molecule has 1 unspecified atom stereocenters. The number of carbonyl (C=O) groups excluding carboxylic acids is 1. The summed E-state index contributed by atoms with van der Waals surface area (Å²) in [6, 6.07) is 2.47. The van der Waals surface area contributed by atoms with Crippen molar-refractivity contribution in [1.29, 1.82) is 5.26 Å². The van der Waals surface area contributed by atoms with E-state index in [1.165, 1.54) is 0 Å². The number of nitriles is 1. The molecule has 0 spiro atoms. The molecule has 1 atom stereocenters. The highest BCUT2D eigenvalue weighted by molar-refractivity contribution is 5.85. The lowest BCUT2D eigenvalue weighted by Gasteiger charge is -2.30. The van der Waals surface area contributed by atoms with Crippen molar-refractivity contribution < 1.29 is 9.53 Å². The number of nitrogens with zero attached hydrogens (tertiary/aromatic N) is 2. The van der Waals surface area contributed by atoms with Crippen LogP contribution in [0.15, 0.2) is 0 Å². The molecule has 1 aliphatic heterocycles. The lowest BCUT2D eigenvalue weighted by atomic mass is 10.0. The third-order valence-corrected chi connectivity index (χ3v) is 3.38. The Hall–Kier alpha value is -1.08. The topological polar surface area (TPSA) is 53.3 Å². The number of hydrogen-bond donors (Lipinski definition) is 0. The van der Waals surface area contributed by atoms with Gasteiger partial charge in [0.05, 0.1) is 12.5 Å². The fourth-order valence-corrected chi connectivity index (χ4v) is 2.26. The van der Waals surface area contributed by atoms with Crippen LogP contribution in [0.1, 0.15) is 39.0 Å². The average molecular weight is 222 g/mol. The van der Waals surface area contributed by atoms with Gasteiger partial charge in [0, 0.05) is 19.2 Å². The molecule has 0 aromatic rings. The van der Waals surface area contributed by atoms with E-state index >= 15 is 0 Å². The maximum Gasteiger partial charge on any atom is 0.254 e. The van der Waals surface area contributed by atoms with Gasteiger partial charge in [0.15, 0.2) is 0 Å². The standard InChI is InChI=1S/C12H18N2O2/c1-12(6-2-9-16-12)11(15)14(8-3-7-13)10-4-5-10/h10H,2-6,8-9H2,1H3. The summed E-state index contributed by atoms with van der Waals surface area (Å²) < 4.78 is 5.57. The van der Waals surface area contributed by atoms with Crippen molar-refractivity contribution in [3.05, 3.63) is 0 Å². The normalized spacial score (nSPS) is 28.8. The Morgan fingerprint density at radius 1 is 1.62 bits per heavy atom. The maximum atomic E-state index is 12.3. The average Bonchev–Trinajstić information content (AvgIpc) is 3.01. The van der Waals surface area contributed by atoms with E-state index in [1.807, 2.05) is 11.8 Å². The molecule has 0 aromatic carbocycles. The van der Waals surface area contributed by atoms with Crippen LogP contribution in [0.4, 0.5) is 0 Å². The Labute approximate surface area is 96.2 Å². The second-order valence-electron chi connectivity index (χ2n) is 4.82. The van der Waals surface area contributed by atoms with Crippen molar-refractivity contribution in [3.63, 3.8) is 0 Å². The Balaban J connectivity index is 2.01. The van der Waals surface area contributed by atoms with E-state index in [-0.39, 0.29) is 5.91 Å². The predicted octanol–water partition coefficient (Wildman–Crippen LogP) is 1.46. The van der Waals surface area contributed by atoms with Crippen LogP contribution >= 0.6 is 0 Å². The van der Waals surface area contributed by atoms with Crippen molar-refractivity contribution in [2.75, 3.05) is 13.2 Å². The second kappa shape index (κ2) is 4.42. The van der Waals surface area contributed by atoms with E-state index < -0.39 is 5.60 Å². The smallest absolute Gasteiger partial charge is 0.254 e. The van der Waals surface area contributed by atoms with E-state index in [0.717, 1.165) is 25.7 Å². The minimum Gasteiger partial charge on any atom is -0.365 e. The van der Waals surface area contributed by atoms with Crippen molar-refractivity contribution in [2.24, 2.45) is 0 Å². The molecule has 1 heterocycles. The summed E-state index contributed by atoms with van der Waals surface area (Å²) in [6.45, 7) is 3.11. The lowest BCUT2D eigenvalue weighted by Crippen LogP contribution is -2.48. The van der Waals surface area contributed by atoms with Crippen LogP contribution in [0, 0.1) is 11.3 Å². The molecule has 16 heavy (non-hydrogen) atoms. The zero-order chi connectivity index (χ0) is 11.6. The summed E-state index contributed by atoms with van der Waals surface area (Å²) in [5, 5.41) is 8.61. The molecule has 1 amide bonds. The summed E-state index contributed by atoms with van der Waals surface area (Å²) in [6.07, 6.45) is 4.33. The van der Waals surface area contributed by atoms with Gasteiger partial charge >= 0.3 is 0 Å². The third-order valence-electron chi connectivity index (χ3n) is 3.38. The second-order valence-corrected chi connectivity index (χ2v) is 4.82. The van der Waals surface area contributed by atoms with Gasteiger partial charge in [-0.1, -0.05) is 0 Å². The summed E-state index contributed by atoms with van der Waals surface area (Å²) in [4.78, 5) is 14.2. The van der Waals surface area contributed by atoms with Gasteiger partial charge in [-0.25, -0.2) is 0 Å². The van der Waals surface area contributed by atoms with Crippen molar-refractivity contribution >= 4 is 5.91 Å². The molecule has 0 bridgehead atoms.